The Kier molecular flexibility index (Phi) is 4.87. The number of aromatic nitrogens is 2. The van der Waals surface area contributed by atoms with Crippen LogP contribution < -0.4 is 4.74 Å². The van der Waals surface area contributed by atoms with E-state index in [0.29, 0.717) is 26.8 Å². The van der Waals surface area contributed by atoms with Crippen LogP contribution >= 0.6 is 34.8 Å². The van der Waals surface area contributed by atoms with Crippen LogP contribution in [0.5, 0.6) is 11.8 Å². The molecule has 0 radical (unpaired) electrons. The minimum absolute atomic E-state index is 0.152. The van der Waals surface area contributed by atoms with Gasteiger partial charge in [0.2, 0.25) is 0 Å². The van der Waals surface area contributed by atoms with E-state index in [1.54, 1.807) is 41.4 Å². The second kappa shape index (κ2) is 6.30. The molecular weight excluding hydrogens is 331 g/mol. The molecule has 112 valence electrons. The first-order valence-electron chi connectivity index (χ1n) is 6.31. The molecule has 0 spiro atoms. The van der Waals surface area contributed by atoms with E-state index >= 15 is 0 Å². The van der Waals surface area contributed by atoms with Crippen molar-refractivity contribution in [2.24, 2.45) is 5.41 Å². The molecule has 0 saturated heterocycles. The Labute approximate surface area is 139 Å². The van der Waals surface area contributed by atoms with E-state index in [1.165, 1.54) is 0 Å². The van der Waals surface area contributed by atoms with Gasteiger partial charge in [-0.25, -0.2) is 4.98 Å². The van der Waals surface area contributed by atoms with E-state index in [2.05, 4.69) is 4.98 Å². The molecular formula is C15H15Cl3N2O. The molecule has 0 aliphatic rings. The highest BCUT2D eigenvalue weighted by Gasteiger charge is 2.16. The van der Waals surface area contributed by atoms with Gasteiger partial charge >= 0.3 is 6.01 Å². The van der Waals surface area contributed by atoms with Crippen LogP contribution in [0.4, 0.5) is 0 Å². The zero-order chi connectivity index (χ0) is 15.6. The minimum atomic E-state index is -0.152. The number of hydrogen-bond donors (Lipinski definition) is 0. The van der Waals surface area contributed by atoms with Crippen LogP contribution in [0.15, 0.2) is 35.6 Å². The summed E-state index contributed by atoms with van der Waals surface area (Å²) in [5, 5.41) is 1.65. The van der Waals surface area contributed by atoms with E-state index in [4.69, 9.17) is 39.5 Å². The molecule has 21 heavy (non-hydrogen) atoms. The zero-order valence-corrected chi connectivity index (χ0v) is 14.2. The molecule has 1 heterocycles. The Bertz CT molecular complexity index is 672. The summed E-state index contributed by atoms with van der Waals surface area (Å²) >= 11 is 18.2. The van der Waals surface area contributed by atoms with Gasteiger partial charge in [-0.15, -0.1) is 0 Å². The molecule has 0 bridgehead atoms. The number of imidazole rings is 1. The fourth-order valence-corrected chi connectivity index (χ4v) is 2.00. The van der Waals surface area contributed by atoms with E-state index < -0.39 is 0 Å². The summed E-state index contributed by atoms with van der Waals surface area (Å²) in [5.74, 6) is 0.480. The summed E-state index contributed by atoms with van der Waals surface area (Å²) < 4.78 is 7.41. The summed E-state index contributed by atoms with van der Waals surface area (Å²) in [7, 11) is 0. The number of halogens is 3. The van der Waals surface area contributed by atoms with Crippen LogP contribution in [-0.2, 0) is 0 Å². The third-order valence-corrected chi connectivity index (χ3v) is 3.89. The lowest BCUT2D eigenvalue weighted by Crippen LogP contribution is -2.06. The summed E-state index contributed by atoms with van der Waals surface area (Å²) in [6.45, 7) is 6.08. The Morgan fingerprint density at radius 3 is 2.62 bits per heavy atom. The van der Waals surface area contributed by atoms with Crippen molar-refractivity contribution in [1.29, 1.82) is 0 Å². The Balaban J connectivity index is 2.29. The fraction of sp³-hybridized carbons (Fsp3) is 0.267. The van der Waals surface area contributed by atoms with E-state index in [9.17, 15) is 0 Å². The molecule has 0 atom stereocenters. The second-order valence-electron chi connectivity index (χ2n) is 5.52. The molecule has 6 heteroatoms. The largest absolute Gasteiger partial charge is 0.424 e. The summed E-state index contributed by atoms with van der Waals surface area (Å²) in [6.07, 6.45) is 5.16. The highest BCUT2D eigenvalue weighted by molar-refractivity contribution is 6.35. The third kappa shape index (κ3) is 4.16. The van der Waals surface area contributed by atoms with Gasteiger partial charge in [0.15, 0.2) is 0 Å². The predicted molar refractivity (Wildman–Crippen MR) is 88.3 cm³/mol. The van der Waals surface area contributed by atoms with Crippen molar-refractivity contribution in [3.05, 3.63) is 45.7 Å². The summed E-state index contributed by atoms with van der Waals surface area (Å²) in [5.41, 5.74) is -0.152. The van der Waals surface area contributed by atoms with Gasteiger partial charge in [0, 0.05) is 28.6 Å². The number of rotatable bonds is 3. The van der Waals surface area contributed by atoms with Gasteiger partial charge in [-0.3, -0.25) is 4.57 Å². The second-order valence-corrected chi connectivity index (χ2v) is 6.77. The maximum Gasteiger partial charge on any atom is 0.306 e. The molecule has 0 unspecified atom stereocenters. The number of allylic oxidation sites excluding steroid dienone is 1. The van der Waals surface area contributed by atoms with Crippen molar-refractivity contribution in [3.63, 3.8) is 0 Å². The molecule has 1 aromatic carbocycles. The SMILES string of the molecule is CC(C)(C)C(Cl)=Cn1ccnc1Oc1ccc(Cl)cc1Cl. The Morgan fingerprint density at radius 1 is 1.29 bits per heavy atom. The van der Waals surface area contributed by atoms with E-state index in [-0.39, 0.29) is 5.41 Å². The quantitative estimate of drug-likeness (QED) is 0.675. The highest BCUT2D eigenvalue weighted by Crippen LogP contribution is 2.33. The lowest BCUT2D eigenvalue weighted by atomic mass is 9.97. The van der Waals surface area contributed by atoms with Crippen molar-refractivity contribution >= 4 is 41.0 Å². The lowest BCUT2D eigenvalue weighted by molar-refractivity contribution is 0.437. The van der Waals surface area contributed by atoms with Gasteiger partial charge in [0.1, 0.15) is 5.75 Å². The topological polar surface area (TPSA) is 27.1 Å². The summed E-state index contributed by atoms with van der Waals surface area (Å²) in [4.78, 5) is 4.16. The first kappa shape index (κ1) is 16.2. The standard InChI is InChI=1S/C15H15Cl3N2O/c1-15(2,3)13(18)9-20-7-6-19-14(20)21-12-5-4-10(16)8-11(12)17/h4-9H,1-3H3. The van der Waals surface area contributed by atoms with Gasteiger partial charge < -0.3 is 4.74 Å². The van der Waals surface area contributed by atoms with Gasteiger partial charge in [0.05, 0.1) is 5.02 Å². The molecule has 3 nitrogen and oxygen atoms in total. The number of nitrogens with zero attached hydrogens (tertiary/aromatic N) is 2. The van der Waals surface area contributed by atoms with Crippen molar-refractivity contribution in [2.45, 2.75) is 20.8 Å². The van der Waals surface area contributed by atoms with Gasteiger partial charge in [-0.1, -0.05) is 55.6 Å². The molecule has 0 aliphatic heterocycles. The molecule has 2 rings (SSSR count). The first-order valence-corrected chi connectivity index (χ1v) is 7.44. The van der Waals surface area contributed by atoms with Crippen LogP contribution in [-0.4, -0.2) is 9.55 Å². The zero-order valence-electron chi connectivity index (χ0n) is 11.9. The van der Waals surface area contributed by atoms with Crippen LogP contribution in [0.2, 0.25) is 10.0 Å². The average Bonchev–Trinajstić information content (AvgIpc) is 2.79. The molecule has 0 saturated carbocycles. The number of ether oxygens (including phenoxy) is 1. The van der Waals surface area contributed by atoms with Crippen molar-refractivity contribution < 1.29 is 4.74 Å². The van der Waals surface area contributed by atoms with E-state index in [0.717, 1.165) is 0 Å². The predicted octanol–water partition coefficient (Wildman–Crippen LogP) is 6.07. The molecule has 1 aromatic heterocycles. The fourth-order valence-electron chi connectivity index (χ4n) is 1.45. The monoisotopic (exact) mass is 344 g/mol. The number of hydrogen-bond acceptors (Lipinski definition) is 2. The minimum Gasteiger partial charge on any atom is -0.424 e. The van der Waals surface area contributed by atoms with Crippen LogP contribution in [0, 0.1) is 5.41 Å². The lowest BCUT2D eigenvalue weighted by Gasteiger charge is -2.17. The number of benzene rings is 1. The Hall–Kier alpha value is -1.16. The van der Waals surface area contributed by atoms with Crippen molar-refractivity contribution in [1.82, 2.24) is 9.55 Å². The average molecular weight is 346 g/mol. The molecule has 0 N–H and O–H groups in total. The molecule has 0 aliphatic carbocycles. The van der Waals surface area contributed by atoms with Gasteiger partial charge in [-0.05, 0) is 23.6 Å². The van der Waals surface area contributed by atoms with Crippen molar-refractivity contribution in [2.75, 3.05) is 0 Å². The van der Waals surface area contributed by atoms with Crippen molar-refractivity contribution in [3.8, 4) is 11.8 Å². The normalized spacial score (nSPS) is 12.6. The molecule has 0 fully saturated rings. The third-order valence-electron chi connectivity index (χ3n) is 2.70. The van der Waals surface area contributed by atoms with Crippen LogP contribution in [0.3, 0.4) is 0 Å². The molecule has 2 aromatic rings. The first-order chi connectivity index (χ1) is 9.77. The summed E-state index contributed by atoms with van der Waals surface area (Å²) in [6, 6.07) is 5.39. The molecule has 0 amide bonds. The van der Waals surface area contributed by atoms with Crippen LogP contribution in [0.25, 0.3) is 6.20 Å². The van der Waals surface area contributed by atoms with Gasteiger partial charge in [0.25, 0.3) is 0 Å². The maximum atomic E-state index is 6.29. The van der Waals surface area contributed by atoms with Gasteiger partial charge in [-0.2, -0.15) is 0 Å². The van der Waals surface area contributed by atoms with E-state index in [1.807, 2.05) is 20.8 Å². The van der Waals surface area contributed by atoms with Crippen LogP contribution in [0.1, 0.15) is 20.8 Å². The smallest absolute Gasteiger partial charge is 0.306 e. The maximum absolute atomic E-state index is 6.29. The Morgan fingerprint density at radius 2 is 2.00 bits per heavy atom. The highest BCUT2D eigenvalue weighted by atomic mass is 35.5.